The van der Waals surface area contributed by atoms with Gasteiger partial charge in [0.15, 0.2) is 0 Å². The first-order chi connectivity index (χ1) is 19.1. The molecule has 11 heteroatoms. The van der Waals surface area contributed by atoms with Gasteiger partial charge in [0, 0.05) is 23.8 Å². The van der Waals surface area contributed by atoms with Gasteiger partial charge in [-0.15, -0.1) is 23.1 Å². The molecule has 212 valence electrons. The number of benzene rings is 1. The Morgan fingerprint density at radius 3 is 2.45 bits per heavy atom. The second-order valence-corrected chi connectivity index (χ2v) is 13.0. The van der Waals surface area contributed by atoms with Crippen molar-refractivity contribution in [1.82, 2.24) is 19.7 Å². The quantitative estimate of drug-likeness (QED) is 0.131. The molecule has 1 aromatic carbocycles. The zero-order chi connectivity index (χ0) is 28.7. The van der Waals surface area contributed by atoms with E-state index in [9.17, 15) is 14.0 Å². The lowest BCUT2D eigenvalue weighted by Gasteiger charge is -2.12. The van der Waals surface area contributed by atoms with Crippen molar-refractivity contribution in [2.45, 2.75) is 81.1 Å². The summed E-state index contributed by atoms with van der Waals surface area (Å²) in [6, 6.07) is 5.90. The number of thiazole rings is 1. The number of hydrogen-bond acceptors (Lipinski definition) is 9. The number of thioether (sulfide) groups is 1. The van der Waals surface area contributed by atoms with E-state index in [-0.39, 0.29) is 28.7 Å². The van der Waals surface area contributed by atoms with E-state index in [2.05, 4.69) is 35.8 Å². The van der Waals surface area contributed by atoms with Crippen molar-refractivity contribution in [2.75, 3.05) is 5.73 Å². The molecule has 0 unspecified atom stereocenters. The van der Waals surface area contributed by atoms with Crippen LogP contribution in [0, 0.1) is 5.82 Å². The third-order valence-electron chi connectivity index (χ3n) is 6.31. The van der Waals surface area contributed by atoms with Crippen molar-refractivity contribution < 1.29 is 18.4 Å². The molecule has 0 radical (unpaired) electrons. The molecule has 0 aliphatic rings. The lowest BCUT2D eigenvalue weighted by atomic mass is 9.94. The predicted octanol–water partition coefficient (Wildman–Crippen LogP) is 7.10. The Kier molecular flexibility index (Phi) is 9.91. The van der Waals surface area contributed by atoms with Crippen LogP contribution in [0.5, 0.6) is 0 Å². The van der Waals surface area contributed by atoms with Gasteiger partial charge >= 0.3 is 0 Å². The van der Waals surface area contributed by atoms with E-state index >= 15 is 0 Å². The zero-order valence-electron chi connectivity index (χ0n) is 23.0. The molecular weight excluding hydrogens is 549 g/mol. The summed E-state index contributed by atoms with van der Waals surface area (Å²) < 4.78 is 21.2. The zero-order valence-corrected chi connectivity index (χ0v) is 24.6. The second kappa shape index (κ2) is 13.4. The number of nitrogens with zero attached hydrogens (tertiary/aromatic N) is 4. The Bertz CT molecular complexity index is 1440. The third-order valence-corrected chi connectivity index (χ3v) is 8.48. The molecule has 0 fully saturated rings. The summed E-state index contributed by atoms with van der Waals surface area (Å²) in [6.07, 6.45) is 9.42. The number of unbranched alkanes of at least 4 members (excludes halogenated alkanes) is 3. The molecule has 0 spiro atoms. The van der Waals surface area contributed by atoms with E-state index < -0.39 is 0 Å². The second-order valence-electron chi connectivity index (χ2n) is 10.6. The molecule has 3 aromatic heterocycles. The number of halogens is 1. The first-order valence-electron chi connectivity index (χ1n) is 13.3. The topological polar surface area (TPSA) is 117 Å². The van der Waals surface area contributed by atoms with Gasteiger partial charge in [0.25, 0.3) is 0 Å². The number of hydrogen-bond donors (Lipinski definition) is 1. The Morgan fingerprint density at radius 2 is 1.75 bits per heavy atom. The van der Waals surface area contributed by atoms with Gasteiger partial charge < -0.3 is 10.2 Å². The minimum Gasteiger partial charge on any atom is -0.444 e. The number of carbonyl (C=O) groups excluding carboxylic acids is 2. The summed E-state index contributed by atoms with van der Waals surface area (Å²) in [5.74, 6) is 2.07. The Morgan fingerprint density at radius 1 is 1.02 bits per heavy atom. The largest absolute Gasteiger partial charge is 0.444 e. The number of nitrogens with two attached hydrogens (primary N) is 1. The number of nitrogen functional groups attached to an aromatic ring is 1. The fourth-order valence-corrected chi connectivity index (χ4v) is 5.93. The van der Waals surface area contributed by atoms with E-state index in [4.69, 9.17) is 10.2 Å². The molecule has 0 saturated carbocycles. The van der Waals surface area contributed by atoms with Gasteiger partial charge in [-0.1, -0.05) is 45.7 Å². The molecule has 0 aliphatic carbocycles. The van der Waals surface area contributed by atoms with Gasteiger partial charge in [-0.25, -0.2) is 14.4 Å². The molecular formula is C29H34FN5O3S2. The van der Waals surface area contributed by atoms with Crippen LogP contribution < -0.4 is 5.73 Å². The van der Waals surface area contributed by atoms with Gasteiger partial charge in [-0.2, -0.15) is 9.78 Å². The van der Waals surface area contributed by atoms with Crippen LogP contribution >= 0.6 is 23.1 Å². The molecule has 2 N–H and O–H groups in total. The number of oxazole rings is 1. The van der Waals surface area contributed by atoms with Crippen molar-refractivity contribution in [3.63, 3.8) is 0 Å². The molecule has 8 nitrogen and oxygen atoms in total. The average molecular weight is 584 g/mol. The van der Waals surface area contributed by atoms with Crippen LogP contribution in [0.15, 0.2) is 51.5 Å². The maximum absolute atomic E-state index is 13.2. The fourth-order valence-electron chi connectivity index (χ4n) is 4.02. The van der Waals surface area contributed by atoms with Crippen LogP contribution in [-0.4, -0.2) is 31.4 Å². The average Bonchev–Trinajstić information content (AvgIpc) is 3.65. The lowest BCUT2D eigenvalue weighted by Crippen LogP contribution is -2.14. The summed E-state index contributed by atoms with van der Waals surface area (Å²) in [7, 11) is 0. The van der Waals surface area contributed by atoms with Crippen LogP contribution in [0.25, 0.3) is 11.1 Å². The summed E-state index contributed by atoms with van der Waals surface area (Å²) in [5, 5.41) is 4.94. The van der Waals surface area contributed by atoms with Crippen LogP contribution in [0.1, 0.15) is 80.7 Å². The number of ketones is 1. The highest BCUT2D eigenvalue weighted by atomic mass is 32.2. The van der Waals surface area contributed by atoms with Crippen LogP contribution in [-0.2, 0) is 22.4 Å². The SMILES string of the molecule is CC(C)(C)c1cnc(CSc2cnc(CC(=O)CCCCCCC(=O)n3ncc(-c4ccc(F)cc4)c3N)s2)o1. The summed E-state index contributed by atoms with van der Waals surface area (Å²) >= 11 is 3.14. The third kappa shape index (κ3) is 8.11. The monoisotopic (exact) mass is 583 g/mol. The summed E-state index contributed by atoms with van der Waals surface area (Å²) in [4.78, 5) is 33.8. The Hall–Kier alpha value is -3.31. The molecule has 0 amide bonds. The number of aromatic nitrogens is 4. The number of rotatable bonds is 13. The van der Waals surface area contributed by atoms with Crippen molar-refractivity contribution in [3.8, 4) is 11.1 Å². The molecule has 3 heterocycles. The van der Waals surface area contributed by atoms with Crippen LogP contribution in [0.4, 0.5) is 10.2 Å². The standard InChI is InChI=1S/C29H34FN5O3S2/c1-29(2,3)23-16-32-24(38-23)18-39-27-17-33-25(40-27)14-21(36)8-6-4-5-7-9-26(37)35-28(31)22(15-34-35)19-10-12-20(30)13-11-19/h10-13,15-17H,4-9,14,18,31H2,1-3H3. The molecule has 0 aliphatic heterocycles. The normalized spacial score (nSPS) is 11.7. The minimum absolute atomic E-state index is 0.0716. The smallest absolute Gasteiger partial charge is 0.248 e. The molecule has 0 atom stereocenters. The van der Waals surface area contributed by atoms with Crippen molar-refractivity contribution >= 4 is 40.6 Å². The van der Waals surface area contributed by atoms with Crippen molar-refractivity contribution in [3.05, 3.63) is 65.3 Å². The highest BCUT2D eigenvalue weighted by molar-refractivity contribution is 8.00. The molecule has 40 heavy (non-hydrogen) atoms. The van der Waals surface area contributed by atoms with Gasteiger partial charge in [-0.3, -0.25) is 9.59 Å². The highest BCUT2D eigenvalue weighted by Gasteiger charge is 2.19. The maximum Gasteiger partial charge on any atom is 0.248 e. The van der Waals surface area contributed by atoms with E-state index in [0.717, 1.165) is 34.2 Å². The van der Waals surface area contributed by atoms with E-state index in [0.29, 0.717) is 48.5 Å². The molecule has 4 rings (SSSR count). The Labute approximate surface area is 241 Å². The van der Waals surface area contributed by atoms with Crippen molar-refractivity contribution in [1.29, 1.82) is 0 Å². The first-order valence-corrected chi connectivity index (χ1v) is 15.1. The number of Topliss-reactive ketones (excluding diaryl/α,β-unsaturated/α-hetero) is 1. The maximum atomic E-state index is 13.2. The van der Waals surface area contributed by atoms with Gasteiger partial charge in [-0.05, 0) is 30.5 Å². The molecule has 4 aromatic rings. The van der Waals surface area contributed by atoms with Gasteiger partial charge in [0.1, 0.15) is 28.2 Å². The van der Waals surface area contributed by atoms with Gasteiger partial charge in [0.05, 0.1) is 35.0 Å². The molecule has 0 saturated heterocycles. The molecule has 0 bridgehead atoms. The van der Waals surface area contributed by atoms with Crippen LogP contribution in [0.2, 0.25) is 0 Å². The first kappa shape index (κ1) is 29.7. The van der Waals surface area contributed by atoms with E-state index in [1.807, 2.05) is 0 Å². The van der Waals surface area contributed by atoms with E-state index in [1.165, 1.54) is 34.3 Å². The fraction of sp³-hybridized carbons (Fsp3) is 0.414. The van der Waals surface area contributed by atoms with Crippen LogP contribution in [0.3, 0.4) is 0 Å². The summed E-state index contributed by atoms with van der Waals surface area (Å²) in [5.41, 5.74) is 7.35. The van der Waals surface area contributed by atoms with E-state index in [1.54, 1.807) is 36.3 Å². The Balaban J connectivity index is 1.11. The highest BCUT2D eigenvalue weighted by Crippen LogP contribution is 2.30. The van der Waals surface area contributed by atoms with Crippen molar-refractivity contribution in [2.24, 2.45) is 0 Å². The lowest BCUT2D eigenvalue weighted by molar-refractivity contribution is -0.118. The number of anilines is 1. The number of carbonyl (C=O) groups is 2. The summed E-state index contributed by atoms with van der Waals surface area (Å²) in [6.45, 7) is 6.26. The van der Waals surface area contributed by atoms with Gasteiger partial charge in [0.2, 0.25) is 11.8 Å². The minimum atomic E-state index is -0.339. The predicted molar refractivity (Wildman–Crippen MR) is 156 cm³/mol.